The highest BCUT2D eigenvalue weighted by atomic mass is 16.6. The molecule has 0 radical (unpaired) electrons. The molecule has 3 rings (SSSR count). The molecular weight excluding hydrogens is 282 g/mol. The zero-order valence-electron chi connectivity index (χ0n) is 13.0. The van der Waals surface area contributed by atoms with Gasteiger partial charge in [-0.1, -0.05) is 6.08 Å². The van der Waals surface area contributed by atoms with Crippen molar-refractivity contribution < 1.29 is 9.53 Å². The van der Waals surface area contributed by atoms with Gasteiger partial charge in [0.25, 0.3) is 0 Å². The Labute approximate surface area is 128 Å². The van der Waals surface area contributed by atoms with Crippen molar-refractivity contribution in [1.82, 2.24) is 24.8 Å². The number of aromatic nitrogens is 4. The Balaban J connectivity index is 1.77. The third kappa shape index (κ3) is 2.93. The molecule has 0 saturated carbocycles. The number of carbonyl (C=O) groups excluding carboxylic acids is 1. The number of aromatic amines is 1. The Morgan fingerprint density at radius 3 is 2.82 bits per heavy atom. The molecule has 3 heterocycles. The smallest absolute Gasteiger partial charge is 0.410 e. The van der Waals surface area contributed by atoms with Crippen LogP contribution in [0.4, 0.5) is 4.79 Å². The maximum Gasteiger partial charge on any atom is 0.410 e. The van der Waals surface area contributed by atoms with Crippen LogP contribution in [0.5, 0.6) is 0 Å². The van der Waals surface area contributed by atoms with E-state index in [-0.39, 0.29) is 6.09 Å². The predicted octanol–water partition coefficient (Wildman–Crippen LogP) is 2.38. The van der Waals surface area contributed by atoms with Gasteiger partial charge in [-0.05, 0) is 32.8 Å². The molecule has 1 N–H and O–H groups in total. The van der Waals surface area contributed by atoms with Gasteiger partial charge in [-0.25, -0.2) is 19.7 Å². The van der Waals surface area contributed by atoms with E-state index in [0.717, 1.165) is 23.2 Å². The zero-order chi connectivity index (χ0) is 15.7. The van der Waals surface area contributed by atoms with Gasteiger partial charge in [0.15, 0.2) is 5.65 Å². The number of hydrogen-bond donors (Lipinski definition) is 1. The summed E-state index contributed by atoms with van der Waals surface area (Å²) < 4.78 is 5.39. The maximum atomic E-state index is 12.1. The number of nitrogens with one attached hydrogen (secondary N) is 1. The third-order valence-corrected chi connectivity index (χ3v) is 3.39. The highest BCUT2D eigenvalue weighted by Crippen LogP contribution is 2.25. The van der Waals surface area contributed by atoms with Gasteiger partial charge >= 0.3 is 6.09 Å². The normalized spacial score (nSPS) is 15.8. The van der Waals surface area contributed by atoms with Gasteiger partial charge < -0.3 is 14.6 Å². The maximum absolute atomic E-state index is 12.1. The molecule has 0 aliphatic carbocycles. The number of nitrogens with zero attached hydrogens (tertiary/aromatic N) is 4. The van der Waals surface area contributed by atoms with E-state index in [9.17, 15) is 4.79 Å². The molecule has 1 aliphatic heterocycles. The van der Waals surface area contributed by atoms with Crippen LogP contribution in [0.3, 0.4) is 0 Å². The van der Waals surface area contributed by atoms with Crippen molar-refractivity contribution in [2.75, 3.05) is 13.1 Å². The summed E-state index contributed by atoms with van der Waals surface area (Å²) in [6.45, 7) is 6.73. The van der Waals surface area contributed by atoms with Crippen LogP contribution in [0.2, 0.25) is 0 Å². The first-order valence-corrected chi connectivity index (χ1v) is 7.25. The number of H-pyrrole nitrogens is 1. The van der Waals surface area contributed by atoms with E-state index in [1.165, 1.54) is 6.33 Å². The van der Waals surface area contributed by atoms with E-state index in [4.69, 9.17) is 4.74 Å². The molecule has 1 amide bonds. The summed E-state index contributed by atoms with van der Waals surface area (Å²) >= 11 is 0. The van der Waals surface area contributed by atoms with Crippen molar-refractivity contribution in [2.24, 2.45) is 0 Å². The predicted molar refractivity (Wildman–Crippen MR) is 82.1 cm³/mol. The molecule has 7 heteroatoms. The molecule has 22 heavy (non-hydrogen) atoms. The molecule has 1 aliphatic rings. The molecule has 0 fully saturated rings. The van der Waals surface area contributed by atoms with Gasteiger partial charge in [-0.3, -0.25) is 0 Å². The summed E-state index contributed by atoms with van der Waals surface area (Å²) in [5.41, 5.74) is 2.96. The topological polar surface area (TPSA) is 84.0 Å². The lowest BCUT2D eigenvalue weighted by molar-refractivity contribution is 0.0270. The number of carbonyl (C=O) groups is 1. The lowest BCUT2D eigenvalue weighted by Crippen LogP contribution is -2.39. The number of hydrogen-bond acceptors (Lipinski definition) is 5. The van der Waals surface area contributed by atoms with Gasteiger partial charge in [0.05, 0.1) is 12.0 Å². The van der Waals surface area contributed by atoms with Gasteiger partial charge in [0, 0.05) is 13.1 Å². The Kier molecular flexibility index (Phi) is 3.56. The average Bonchev–Trinajstić information content (AvgIpc) is 2.94. The number of rotatable bonds is 1. The highest BCUT2D eigenvalue weighted by molar-refractivity contribution is 5.85. The average molecular weight is 301 g/mol. The third-order valence-electron chi connectivity index (χ3n) is 3.39. The first kappa shape index (κ1) is 14.5. The Morgan fingerprint density at radius 1 is 1.32 bits per heavy atom. The molecule has 0 spiro atoms. The molecule has 0 aromatic carbocycles. The molecule has 0 bridgehead atoms. The minimum atomic E-state index is -0.476. The standard InChI is InChI=1S/C15H19N5O2/c1-15(2,3)22-14(21)20-6-4-10(5-7-20)11-12-13(18-8-16-11)19-9-17-12/h4,8-9H,5-7H2,1-3H3,(H,16,17,18,19). The van der Waals surface area contributed by atoms with E-state index in [1.54, 1.807) is 11.2 Å². The lowest BCUT2D eigenvalue weighted by atomic mass is 10.0. The fraction of sp³-hybridized carbons (Fsp3) is 0.467. The monoisotopic (exact) mass is 301 g/mol. The van der Waals surface area contributed by atoms with E-state index in [2.05, 4.69) is 19.9 Å². The summed E-state index contributed by atoms with van der Waals surface area (Å²) in [6.07, 6.45) is 5.58. The Hall–Kier alpha value is -2.44. The van der Waals surface area contributed by atoms with Gasteiger partial charge in [0.2, 0.25) is 0 Å². The second-order valence-electron chi connectivity index (χ2n) is 6.23. The van der Waals surface area contributed by atoms with Gasteiger partial charge in [-0.15, -0.1) is 0 Å². The molecule has 116 valence electrons. The van der Waals surface area contributed by atoms with Crippen LogP contribution < -0.4 is 0 Å². The molecular formula is C15H19N5O2. The van der Waals surface area contributed by atoms with Crippen molar-refractivity contribution in [3.63, 3.8) is 0 Å². The molecule has 0 atom stereocenters. The quantitative estimate of drug-likeness (QED) is 0.874. The second-order valence-corrected chi connectivity index (χ2v) is 6.23. The van der Waals surface area contributed by atoms with Crippen LogP contribution in [0.25, 0.3) is 16.7 Å². The van der Waals surface area contributed by atoms with Crippen LogP contribution in [0.1, 0.15) is 32.9 Å². The SMILES string of the molecule is CC(C)(C)OC(=O)N1CC=C(c2ncnc3nc[nH]c23)CC1. The molecule has 0 saturated heterocycles. The van der Waals surface area contributed by atoms with Crippen molar-refractivity contribution in [3.8, 4) is 0 Å². The van der Waals surface area contributed by atoms with Crippen LogP contribution in [0.15, 0.2) is 18.7 Å². The van der Waals surface area contributed by atoms with Gasteiger partial charge in [-0.2, -0.15) is 0 Å². The Bertz CT molecular complexity index is 729. The van der Waals surface area contributed by atoms with E-state index in [0.29, 0.717) is 18.7 Å². The summed E-state index contributed by atoms with van der Waals surface area (Å²) in [7, 11) is 0. The van der Waals surface area contributed by atoms with Crippen molar-refractivity contribution in [2.45, 2.75) is 32.8 Å². The van der Waals surface area contributed by atoms with E-state index >= 15 is 0 Å². The van der Waals surface area contributed by atoms with Crippen molar-refractivity contribution in [1.29, 1.82) is 0 Å². The molecule has 7 nitrogen and oxygen atoms in total. The number of fused-ring (bicyclic) bond motifs is 1. The minimum Gasteiger partial charge on any atom is -0.444 e. The highest BCUT2D eigenvalue weighted by Gasteiger charge is 2.24. The first-order valence-electron chi connectivity index (χ1n) is 7.25. The summed E-state index contributed by atoms with van der Waals surface area (Å²) in [5.74, 6) is 0. The largest absolute Gasteiger partial charge is 0.444 e. The molecule has 2 aromatic heterocycles. The summed E-state index contributed by atoms with van der Waals surface area (Å²) in [6, 6.07) is 0. The summed E-state index contributed by atoms with van der Waals surface area (Å²) in [5, 5.41) is 0. The van der Waals surface area contributed by atoms with Crippen LogP contribution >= 0.6 is 0 Å². The molecule has 2 aromatic rings. The fourth-order valence-corrected chi connectivity index (χ4v) is 2.39. The van der Waals surface area contributed by atoms with Gasteiger partial charge in [0.1, 0.15) is 17.4 Å². The fourth-order valence-electron chi connectivity index (χ4n) is 2.39. The van der Waals surface area contributed by atoms with E-state index < -0.39 is 5.60 Å². The van der Waals surface area contributed by atoms with E-state index in [1.807, 2.05) is 26.8 Å². The zero-order valence-corrected chi connectivity index (χ0v) is 13.0. The van der Waals surface area contributed by atoms with Crippen LogP contribution in [0, 0.1) is 0 Å². The Morgan fingerprint density at radius 2 is 2.14 bits per heavy atom. The minimum absolute atomic E-state index is 0.280. The van der Waals surface area contributed by atoms with Crippen LogP contribution in [-0.2, 0) is 4.74 Å². The van der Waals surface area contributed by atoms with Crippen molar-refractivity contribution >= 4 is 22.8 Å². The van der Waals surface area contributed by atoms with Crippen molar-refractivity contribution in [3.05, 3.63) is 24.4 Å². The molecule has 0 unspecified atom stereocenters. The summed E-state index contributed by atoms with van der Waals surface area (Å²) in [4.78, 5) is 29.4. The van der Waals surface area contributed by atoms with Crippen LogP contribution in [-0.4, -0.2) is 49.6 Å². The second kappa shape index (κ2) is 5.40. The number of imidazole rings is 1. The first-order chi connectivity index (χ1) is 10.4. The number of amides is 1. The number of ether oxygens (including phenoxy) is 1. The lowest BCUT2D eigenvalue weighted by Gasteiger charge is -2.29.